The van der Waals surface area contributed by atoms with Crippen LogP contribution in [0.3, 0.4) is 0 Å². The fourth-order valence-electron chi connectivity index (χ4n) is 3.83. The molecular formula is C23H15FN2O3. The van der Waals surface area contributed by atoms with Crippen molar-refractivity contribution in [1.29, 1.82) is 0 Å². The van der Waals surface area contributed by atoms with E-state index in [2.05, 4.69) is 4.98 Å². The van der Waals surface area contributed by atoms with Crippen molar-refractivity contribution in [3.8, 4) is 0 Å². The standard InChI is InChI=1S/C23H15FN2O3/c24-16-8-9-18-17(11-16)21(27)19-20(15-6-2-1-3-7-15)26(23(28)22(19)29-18)13-14-5-4-10-25-12-14/h1-12,20H,13H2. The zero-order chi connectivity index (χ0) is 20.0. The number of halogens is 1. The van der Waals surface area contributed by atoms with Gasteiger partial charge in [0, 0.05) is 18.9 Å². The highest BCUT2D eigenvalue weighted by Gasteiger charge is 2.42. The largest absolute Gasteiger partial charge is 0.450 e. The second-order valence-corrected chi connectivity index (χ2v) is 6.92. The first-order chi connectivity index (χ1) is 14.1. The summed E-state index contributed by atoms with van der Waals surface area (Å²) in [4.78, 5) is 32.2. The molecule has 0 saturated heterocycles. The first kappa shape index (κ1) is 17.3. The molecule has 1 atom stereocenters. The number of aromatic nitrogens is 1. The van der Waals surface area contributed by atoms with Crippen LogP contribution in [0.1, 0.15) is 33.3 Å². The van der Waals surface area contributed by atoms with Gasteiger partial charge in [-0.15, -0.1) is 0 Å². The molecule has 29 heavy (non-hydrogen) atoms. The summed E-state index contributed by atoms with van der Waals surface area (Å²) < 4.78 is 19.6. The van der Waals surface area contributed by atoms with Crippen molar-refractivity contribution in [3.63, 3.8) is 0 Å². The molecule has 2 aromatic carbocycles. The lowest BCUT2D eigenvalue weighted by molar-refractivity contribution is 0.0714. The summed E-state index contributed by atoms with van der Waals surface area (Å²) in [6.07, 6.45) is 3.34. The van der Waals surface area contributed by atoms with E-state index in [-0.39, 0.29) is 34.7 Å². The molecular weight excluding hydrogens is 371 g/mol. The molecule has 6 heteroatoms. The van der Waals surface area contributed by atoms with Crippen LogP contribution < -0.4 is 5.43 Å². The summed E-state index contributed by atoms with van der Waals surface area (Å²) in [6, 6.07) is 16.1. The molecule has 1 aliphatic heterocycles. The molecule has 0 aliphatic carbocycles. The Balaban J connectivity index is 1.74. The number of carbonyl (C=O) groups excluding carboxylic acids is 1. The van der Waals surface area contributed by atoms with E-state index in [4.69, 9.17) is 4.42 Å². The van der Waals surface area contributed by atoms with Crippen LogP contribution in [0.4, 0.5) is 4.39 Å². The quantitative estimate of drug-likeness (QED) is 0.532. The average Bonchev–Trinajstić information content (AvgIpc) is 3.02. The summed E-state index contributed by atoms with van der Waals surface area (Å²) in [6.45, 7) is 0.264. The molecule has 2 aromatic heterocycles. The molecule has 0 saturated carbocycles. The van der Waals surface area contributed by atoms with E-state index in [1.807, 2.05) is 36.4 Å². The lowest BCUT2D eigenvalue weighted by Crippen LogP contribution is -2.29. The predicted molar refractivity (Wildman–Crippen MR) is 105 cm³/mol. The SMILES string of the molecule is O=C1c2oc3ccc(F)cc3c(=O)c2C(c2ccccc2)N1Cc1cccnc1. The molecule has 142 valence electrons. The Morgan fingerprint density at radius 2 is 1.86 bits per heavy atom. The number of amides is 1. The first-order valence-electron chi connectivity index (χ1n) is 9.14. The minimum Gasteiger partial charge on any atom is -0.450 e. The molecule has 0 spiro atoms. The Hall–Kier alpha value is -3.80. The van der Waals surface area contributed by atoms with Crippen LogP contribution in [0.25, 0.3) is 11.0 Å². The molecule has 0 bridgehead atoms. The highest BCUT2D eigenvalue weighted by molar-refractivity contribution is 5.99. The highest BCUT2D eigenvalue weighted by Crippen LogP contribution is 2.38. The summed E-state index contributed by atoms with van der Waals surface area (Å²) in [7, 11) is 0. The summed E-state index contributed by atoms with van der Waals surface area (Å²) in [5.74, 6) is -0.898. The summed E-state index contributed by atoms with van der Waals surface area (Å²) in [5, 5.41) is 0.126. The normalized spacial score (nSPS) is 15.7. The van der Waals surface area contributed by atoms with Gasteiger partial charge in [-0.3, -0.25) is 14.6 Å². The van der Waals surface area contributed by atoms with Crippen LogP contribution in [0.2, 0.25) is 0 Å². The summed E-state index contributed by atoms with van der Waals surface area (Å²) >= 11 is 0. The number of benzene rings is 2. The number of hydrogen-bond acceptors (Lipinski definition) is 4. The second-order valence-electron chi connectivity index (χ2n) is 6.92. The maximum Gasteiger partial charge on any atom is 0.291 e. The van der Waals surface area contributed by atoms with Gasteiger partial charge in [0.15, 0.2) is 5.43 Å². The van der Waals surface area contributed by atoms with E-state index in [9.17, 15) is 14.0 Å². The third-order valence-electron chi connectivity index (χ3n) is 5.12. The van der Waals surface area contributed by atoms with Gasteiger partial charge in [0.2, 0.25) is 5.76 Å². The van der Waals surface area contributed by atoms with Crippen LogP contribution in [-0.2, 0) is 6.54 Å². The van der Waals surface area contributed by atoms with Crippen LogP contribution in [0, 0.1) is 5.82 Å². The molecule has 3 heterocycles. The van der Waals surface area contributed by atoms with Crippen molar-refractivity contribution >= 4 is 16.9 Å². The average molecular weight is 386 g/mol. The Morgan fingerprint density at radius 3 is 2.62 bits per heavy atom. The smallest absolute Gasteiger partial charge is 0.291 e. The van der Waals surface area contributed by atoms with Crippen molar-refractivity contribution < 1.29 is 13.6 Å². The first-order valence-corrected chi connectivity index (χ1v) is 9.14. The van der Waals surface area contributed by atoms with E-state index < -0.39 is 17.3 Å². The zero-order valence-electron chi connectivity index (χ0n) is 15.2. The van der Waals surface area contributed by atoms with Crippen molar-refractivity contribution in [1.82, 2.24) is 9.88 Å². The van der Waals surface area contributed by atoms with Gasteiger partial charge < -0.3 is 9.32 Å². The van der Waals surface area contributed by atoms with Gasteiger partial charge in [0.05, 0.1) is 17.0 Å². The third-order valence-corrected chi connectivity index (χ3v) is 5.12. The predicted octanol–water partition coefficient (Wildman–Crippen LogP) is 4.07. The van der Waals surface area contributed by atoms with Crippen LogP contribution >= 0.6 is 0 Å². The van der Waals surface area contributed by atoms with Gasteiger partial charge in [-0.2, -0.15) is 0 Å². The van der Waals surface area contributed by atoms with Crippen molar-refractivity contribution in [2.24, 2.45) is 0 Å². The third kappa shape index (κ3) is 2.81. The fraction of sp³-hybridized carbons (Fsp3) is 0.0870. The highest BCUT2D eigenvalue weighted by atomic mass is 19.1. The topological polar surface area (TPSA) is 63.4 Å². The lowest BCUT2D eigenvalue weighted by Gasteiger charge is -2.25. The monoisotopic (exact) mass is 386 g/mol. The van der Waals surface area contributed by atoms with Gasteiger partial charge in [-0.25, -0.2) is 4.39 Å². The minimum atomic E-state index is -0.622. The maximum absolute atomic E-state index is 13.8. The van der Waals surface area contributed by atoms with Crippen molar-refractivity contribution in [2.75, 3.05) is 0 Å². The molecule has 1 unspecified atom stereocenters. The Morgan fingerprint density at radius 1 is 1.03 bits per heavy atom. The van der Waals surface area contributed by atoms with Gasteiger partial charge in [0.1, 0.15) is 11.4 Å². The number of pyridine rings is 1. The fourth-order valence-corrected chi connectivity index (χ4v) is 3.83. The molecule has 1 aliphatic rings. The molecule has 4 aromatic rings. The van der Waals surface area contributed by atoms with Gasteiger partial charge >= 0.3 is 0 Å². The van der Waals surface area contributed by atoms with Crippen LogP contribution in [0.15, 0.2) is 82.3 Å². The molecule has 0 N–H and O–H groups in total. The van der Waals surface area contributed by atoms with Gasteiger partial charge in [0.25, 0.3) is 5.91 Å². The van der Waals surface area contributed by atoms with Gasteiger partial charge in [-0.05, 0) is 35.4 Å². The van der Waals surface area contributed by atoms with E-state index in [0.717, 1.165) is 17.2 Å². The molecule has 1 amide bonds. The van der Waals surface area contributed by atoms with Crippen LogP contribution in [0.5, 0.6) is 0 Å². The van der Waals surface area contributed by atoms with Crippen molar-refractivity contribution in [3.05, 3.63) is 112 Å². The lowest BCUT2D eigenvalue weighted by atomic mass is 9.98. The number of hydrogen-bond donors (Lipinski definition) is 0. The number of fused-ring (bicyclic) bond motifs is 2. The number of carbonyl (C=O) groups is 1. The molecule has 0 fully saturated rings. The van der Waals surface area contributed by atoms with Crippen molar-refractivity contribution in [2.45, 2.75) is 12.6 Å². The number of rotatable bonds is 3. The molecule has 5 nitrogen and oxygen atoms in total. The molecule has 5 rings (SSSR count). The van der Waals surface area contributed by atoms with E-state index in [0.29, 0.717) is 0 Å². The Bertz CT molecular complexity index is 1290. The Kier molecular flexibility index (Phi) is 3.98. The zero-order valence-corrected chi connectivity index (χ0v) is 15.2. The molecule has 0 radical (unpaired) electrons. The van der Waals surface area contributed by atoms with Crippen LogP contribution in [-0.4, -0.2) is 15.8 Å². The van der Waals surface area contributed by atoms with E-state index in [1.54, 1.807) is 23.4 Å². The summed E-state index contributed by atoms with van der Waals surface area (Å²) in [5.41, 5.74) is 1.66. The van der Waals surface area contributed by atoms with E-state index >= 15 is 0 Å². The Labute approximate surface area is 165 Å². The second kappa shape index (κ2) is 6.67. The minimum absolute atomic E-state index is 0.00634. The number of nitrogens with zero attached hydrogens (tertiary/aromatic N) is 2. The maximum atomic E-state index is 13.8. The van der Waals surface area contributed by atoms with Gasteiger partial charge in [-0.1, -0.05) is 36.4 Å². The van der Waals surface area contributed by atoms with E-state index in [1.165, 1.54) is 12.1 Å².